The highest BCUT2D eigenvalue weighted by Crippen LogP contribution is 2.46. The summed E-state index contributed by atoms with van der Waals surface area (Å²) in [5.74, 6) is -3.35. The zero-order valence-corrected chi connectivity index (χ0v) is 9.62. The number of carbonyl (C=O) groups is 2. The van der Waals surface area contributed by atoms with Crippen LogP contribution in [0.15, 0.2) is 0 Å². The van der Waals surface area contributed by atoms with Crippen LogP contribution in [0.4, 0.5) is 26.3 Å². The fourth-order valence-electron chi connectivity index (χ4n) is 1.41. The molecule has 1 fully saturated rings. The fourth-order valence-corrected chi connectivity index (χ4v) is 1.52. The van der Waals surface area contributed by atoms with Crippen LogP contribution in [0, 0.1) is 0 Å². The van der Waals surface area contributed by atoms with Crippen molar-refractivity contribution in [2.45, 2.75) is 30.5 Å². The molecule has 1 atom stereocenters. The molecule has 1 saturated heterocycles. The van der Waals surface area contributed by atoms with Gasteiger partial charge in [-0.05, 0) is 0 Å². The second kappa shape index (κ2) is 4.82. The van der Waals surface area contributed by atoms with Crippen LogP contribution in [0.25, 0.3) is 0 Å². The van der Waals surface area contributed by atoms with Gasteiger partial charge in [0.15, 0.2) is 0 Å². The highest BCUT2D eigenvalue weighted by Gasteiger charge is 2.78. The van der Waals surface area contributed by atoms with E-state index in [4.69, 9.17) is 11.6 Å². The minimum atomic E-state index is -5.92. The van der Waals surface area contributed by atoms with Crippen molar-refractivity contribution in [1.82, 2.24) is 5.32 Å². The molecule has 11 heteroatoms. The molecule has 1 aliphatic heterocycles. The van der Waals surface area contributed by atoms with E-state index in [9.17, 15) is 35.9 Å². The first-order valence-corrected chi connectivity index (χ1v) is 5.19. The lowest BCUT2D eigenvalue weighted by molar-refractivity contribution is -0.369. The largest absolute Gasteiger partial charge is 0.452 e. The van der Waals surface area contributed by atoms with Gasteiger partial charge in [0.05, 0.1) is 5.88 Å². The van der Waals surface area contributed by atoms with Crippen molar-refractivity contribution in [2.24, 2.45) is 0 Å². The summed E-state index contributed by atoms with van der Waals surface area (Å²) in [4.78, 5) is 21.9. The molecule has 19 heavy (non-hydrogen) atoms. The molecule has 0 aromatic rings. The number of alkyl halides is 7. The van der Waals surface area contributed by atoms with Crippen molar-refractivity contribution >= 4 is 23.4 Å². The second-order valence-electron chi connectivity index (χ2n) is 3.67. The lowest BCUT2D eigenvalue weighted by Gasteiger charge is -2.31. The van der Waals surface area contributed by atoms with Gasteiger partial charge >= 0.3 is 24.0 Å². The van der Waals surface area contributed by atoms with E-state index in [-0.39, 0.29) is 0 Å². The van der Waals surface area contributed by atoms with Crippen molar-refractivity contribution in [3.63, 3.8) is 0 Å². The summed E-state index contributed by atoms with van der Waals surface area (Å²) in [6.07, 6.45) is -12.8. The summed E-state index contributed by atoms with van der Waals surface area (Å²) >= 11 is 5.06. The Bertz CT molecular complexity index is 379. The van der Waals surface area contributed by atoms with E-state index in [0.29, 0.717) is 0 Å². The number of ether oxygens (including phenoxy) is 1. The van der Waals surface area contributed by atoms with Gasteiger partial charge in [-0.25, -0.2) is 0 Å². The van der Waals surface area contributed by atoms with Crippen molar-refractivity contribution in [1.29, 1.82) is 0 Å². The number of cyclic esters (lactones) is 1. The number of ketones is 1. The maximum absolute atomic E-state index is 12.5. The van der Waals surface area contributed by atoms with Crippen molar-refractivity contribution < 1.29 is 40.7 Å². The van der Waals surface area contributed by atoms with Crippen molar-refractivity contribution in [3.05, 3.63) is 0 Å². The highest BCUT2D eigenvalue weighted by atomic mass is 35.5. The summed E-state index contributed by atoms with van der Waals surface area (Å²) in [5, 5.41) is 0.998. The smallest absolute Gasteiger partial charge is 0.424 e. The highest BCUT2D eigenvalue weighted by molar-refractivity contribution is 6.27. The zero-order chi connectivity index (χ0) is 15.1. The predicted octanol–water partition coefficient (Wildman–Crippen LogP) is 1.52. The third kappa shape index (κ3) is 2.78. The summed E-state index contributed by atoms with van der Waals surface area (Å²) in [6.45, 7) is 0. The Kier molecular flexibility index (Phi) is 4.06. The first kappa shape index (κ1) is 16.0. The van der Waals surface area contributed by atoms with Gasteiger partial charge in [0.1, 0.15) is 11.8 Å². The molecule has 1 rings (SSSR count). The predicted molar refractivity (Wildman–Crippen MR) is 48.2 cm³/mol. The minimum Gasteiger partial charge on any atom is -0.424 e. The van der Waals surface area contributed by atoms with Crippen LogP contribution in [0.2, 0.25) is 0 Å². The molecule has 1 unspecified atom stereocenters. The van der Waals surface area contributed by atoms with Gasteiger partial charge < -0.3 is 4.74 Å². The van der Waals surface area contributed by atoms with Crippen LogP contribution in [0.3, 0.4) is 0 Å². The Labute approximate surface area is 107 Å². The van der Waals surface area contributed by atoms with Crippen molar-refractivity contribution in [2.75, 3.05) is 5.88 Å². The zero-order valence-electron chi connectivity index (χ0n) is 8.86. The topological polar surface area (TPSA) is 55.4 Å². The van der Waals surface area contributed by atoms with Crippen molar-refractivity contribution in [3.8, 4) is 0 Å². The monoisotopic (exact) mass is 313 g/mol. The normalized spacial score (nSPS) is 23.3. The van der Waals surface area contributed by atoms with Gasteiger partial charge in [-0.15, -0.1) is 11.6 Å². The number of nitrogens with one attached hydrogen (secondary N) is 1. The first-order valence-electron chi connectivity index (χ1n) is 4.66. The molecule has 1 aliphatic rings. The van der Waals surface area contributed by atoms with Gasteiger partial charge in [0, 0.05) is 6.42 Å². The Balaban J connectivity index is 3.07. The molecule has 0 aromatic heterocycles. The number of hydrogen-bond donors (Lipinski definition) is 1. The summed E-state index contributed by atoms with van der Waals surface area (Å²) < 4.78 is 78.5. The third-order valence-corrected chi connectivity index (χ3v) is 2.59. The van der Waals surface area contributed by atoms with E-state index in [1.807, 2.05) is 0 Å². The van der Waals surface area contributed by atoms with E-state index < -0.39 is 48.2 Å². The number of Topliss-reactive ketones (excluding diaryl/α,β-unsaturated/α-hetero) is 1. The number of halogens is 7. The summed E-state index contributed by atoms with van der Waals surface area (Å²) in [6, 6.07) is -2.05. The molecular formula is C8H6ClF6NO3. The van der Waals surface area contributed by atoms with E-state index in [1.165, 1.54) is 0 Å². The van der Waals surface area contributed by atoms with E-state index in [2.05, 4.69) is 4.74 Å². The van der Waals surface area contributed by atoms with Gasteiger partial charge in [-0.2, -0.15) is 26.3 Å². The Morgan fingerprint density at radius 2 is 1.74 bits per heavy atom. The maximum atomic E-state index is 12.5. The minimum absolute atomic E-state index is 0.642. The average molecular weight is 314 g/mol. The molecule has 0 amide bonds. The van der Waals surface area contributed by atoms with E-state index >= 15 is 0 Å². The molecular weight excluding hydrogens is 308 g/mol. The molecule has 0 aliphatic carbocycles. The quantitative estimate of drug-likeness (QED) is 0.488. The number of esters is 1. The Morgan fingerprint density at radius 3 is 2.05 bits per heavy atom. The average Bonchev–Trinajstić information content (AvgIpc) is 2.56. The second-order valence-corrected chi connectivity index (χ2v) is 3.94. The van der Waals surface area contributed by atoms with Crippen LogP contribution in [-0.2, 0) is 14.3 Å². The van der Waals surface area contributed by atoms with Crippen LogP contribution in [-0.4, -0.2) is 41.8 Å². The molecule has 0 radical (unpaired) electrons. The SMILES string of the molecule is O=C(CCl)CC1NC(C(F)(F)F)(C(F)(F)F)OC1=O. The van der Waals surface area contributed by atoms with Gasteiger partial charge in [-0.3, -0.25) is 14.9 Å². The lowest BCUT2D eigenvalue weighted by Crippen LogP contribution is -2.65. The molecule has 1 heterocycles. The molecule has 0 bridgehead atoms. The molecule has 1 N–H and O–H groups in total. The lowest BCUT2D eigenvalue weighted by atomic mass is 10.1. The molecule has 0 spiro atoms. The Hall–Kier alpha value is -1.03. The molecule has 4 nitrogen and oxygen atoms in total. The first-order chi connectivity index (χ1) is 8.44. The molecule has 0 saturated carbocycles. The summed E-state index contributed by atoms with van der Waals surface area (Å²) in [5.41, 5.74) is -4.80. The van der Waals surface area contributed by atoms with Crippen LogP contribution in [0.5, 0.6) is 0 Å². The summed E-state index contributed by atoms with van der Waals surface area (Å²) in [7, 11) is 0. The number of carbonyl (C=O) groups excluding carboxylic acids is 2. The standard InChI is InChI=1S/C8H6ClF6NO3/c9-2-3(17)1-4-5(18)19-6(16-4,7(10,11)12)8(13,14)15/h4,16H,1-2H2. The number of hydrogen-bond acceptors (Lipinski definition) is 4. The number of rotatable bonds is 3. The van der Waals surface area contributed by atoms with E-state index in [1.54, 1.807) is 0 Å². The molecule has 0 aromatic carbocycles. The van der Waals surface area contributed by atoms with Crippen LogP contribution < -0.4 is 5.32 Å². The fraction of sp³-hybridized carbons (Fsp3) is 0.750. The maximum Gasteiger partial charge on any atom is 0.452 e. The van der Waals surface area contributed by atoms with Crippen LogP contribution >= 0.6 is 11.6 Å². The Morgan fingerprint density at radius 1 is 1.26 bits per heavy atom. The van der Waals surface area contributed by atoms with Crippen LogP contribution in [0.1, 0.15) is 6.42 Å². The van der Waals surface area contributed by atoms with Gasteiger partial charge in [0.25, 0.3) is 0 Å². The third-order valence-electron chi connectivity index (χ3n) is 2.29. The van der Waals surface area contributed by atoms with Gasteiger partial charge in [0.2, 0.25) is 0 Å². The van der Waals surface area contributed by atoms with E-state index in [0.717, 1.165) is 5.32 Å². The molecule has 110 valence electrons. The van der Waals surface area contributed by atoms with Gasteiger partial charge in [-0.1, -0.05) is 0 Å².